The highest BCUT2D eigenvalue weighted by Gasteiger charge is 2.33. The first-order chi connectivity index (χ1) is 12.4. The summed E-state index contributed by atoms with van der Waals surface area (Å²) in [5.41, 5.74) is 1.81. The van der Waals surface area contributed by atoms with Gasteiger partial charge in [0.2, 0.25) is 0 Å². The lowest BCUT2D eigenvalue weighted by atomic mass is 10.1. The lowest BCUT2D eigenvalue weighted by molar-refractivity contribution is -0.255. The van der Waals surface area contributed by atoms with Crippen molar-refractivity contribution in [1.29, 1.82) is 0 Å². The van der Waals surface area contributed by atoms with E-state index in [-0.39, 0.29) is 11.5 Å². The maximum atomic E-state index is 12.8. The molecule has 1 aliphatic rings. The van der Waals surface area contributed by atoms with Gasteiger partial charge < -0.3 is 14.6 Å². The number of ether oxygens (including phenoxy) is 1. The van der Waals surface area contributed by atoms with E-state index < -0.39 is 5.97 Å². The smallest absolute Gasteiger partial charge is 0.270 e. The summed E-state index contributed by atoms with van der Waals surface area (Å²) < 4.78 is 5.53. The van der Waals surface area contributed by atoms with Gasteiger partial charge in [0.1, 0.15) is 5.75 Å². The molecule has 132 valence electrons. The predicted molar refractivity (Wildman–Crippen MR) is 104 cm³/mol. The number of carboxylic acid groups (broad SMARTS) is 1. The third kappa shape index (κ3) is 3.49. The number of carbonyl (C=O) groups excluding carboxylic acids is 2. The minimum absolute atomic E-state index is 0.0355. The number of nitrogens with zero attached hydrogens (tertiary/aromatic N) is 1. The number of amides is 1. The van der Waals surface area contributed by atoms with E-state index >= 15 is 0 Å². The van der Waals surface area contributed by atoms with E-state index in [4.69, 9.17) is 17.0 Å². The summed E-state index contributed by atoms with van der Waals surface area (Å²) in [5.74, 6) is -0.899. The molecule has 1 aliphatic heterocycles. The molecule has 0 bridgehead atoms. The average Bonchev–Trinajstić information content (AvgIpc) is 2.89. The molecule has 0 N–H and O–H groups in total. The summed E-state index contributed by atoms with van der Waals surface area (Å²) >= 11 is 6.49. The normalized spacial score (nSPS) is 15.6. The summed E-state index contributed by atoms with van der Waals surface area (Å²) in [6.07, 6.45) is 1.73. The van der Waals surface area contributed by atoms with E-state index in [1.165, 1.54) is 22.7 Å². The van der Waals surface area contributed by atoms with Crippen LogP contribution in [0, 0.1) is 6.92 Å². The first-order valence-electron chi connectivity index (χ1n) is 7.64. The standard InChI is InChI=1S/C19H15NO4S2/c1-11-6-7-13(10-15(11)18(22)23)20-17(21)16(26-19(20)25)9-12-4-3-5-14(8-12)24-2/h3-10H,1-2H3,(H,22,23)/p-1/b16-9-. The van der Waals surface area contributed by atoms with E-state index in [9.17, 15) is 14.7 Å². The first-order valence-corrected chi connectivity index (χ1v) is 8.87. The number of benzene rings is 2. The molecular formula is C19H14NO4S2-. The van der Waals surface area contributed by atoms with Gasteiger partial charge in [0.05, 0.1) is 23.7 Å². The average molecular weight is 384 g/mol. The number of aryl methyl sites for hydroxylation is 1. The Balaban J connectivity index is 1.95. The summed E-state index contributed by atoms with van der Waals surface area (Å²) in [4.78, 5) is 25.8. The van der Waals surface area contributed by atoms with Gasteiger partial charge in [0.15, 0.2) is 4.32 Å². The van der Waals surface area contributed by atoms with Crippen molar-refractivity contribution in [2.45, 2.75) is 6.92 Å². The number of hydrogen-bond donors (Lipinski definition) is 0. The summed E-state index contributed by atoms with van der Waals surface area (Å²) in [5, 5.41) is 11.2. The highest BCUT2D eigenvalue weighted by atomic mass is 32.2. The molecule has 3 rings (SSSR count). The number of rotatable bonds is 4. The van der Waals surface area contributed by atoms with E-state index in [1.54, 1.807) is 32.2 Å². The molecule has 2 aromatic carbocycles. The maximum Gasteiger partial charge on any atom is 0.270 e. The van der Waals surface area contributed by atoms with Crippen LogP contribution in [0.4, 0.5) is 5.69 Å². The predicted octanol–water partition coefficient (Wildman–Crippen LogP) is 2.77. The lowest BCUT2D eigenvalue weighted by Gasteiger charge is -2.17. The molecule has 0 spiro atoms. The van der Waals surface area contributed by atoms with Crippen LogP contribution in [0.25, 0.3) is 6.08 Å². The SMILES string of the molecule is COc1cccc(/C=C2\SC(=S)N(c3ccc(C)c(C(=O)[O-])c3)C2=O)c1. The second kappa shape index (κ2) is 7.31. The zero-order valence-corrected chi connectivity index (χ0v) is 15.6. The van der Waals surface area contributed by atoms with Gasteiger partial charge in [-0.05, 0) is 48.4 Å². The molecule has 1 fully saturated rings. The molecule has 0 saturated carbocycles. The number of aromatic carboxylic acids is 1. The molecule has 1 heterocycles. The summed E-state index contributed by atoms with van der Waals surface area (Å²) in [6, 6.07) is 12.0. The van der Waals surface area contributed by atoms with Crippen LogP contribution in [0.1, 0.15) is 21.5 Å². The van der Waals surface area contributed by atoms with Crippen LogP contribution < -0.4 is 14.7 Å². The van der Waals surface area contributed by atoms with Crippen molar-refractivity contribution < 1.29 is 19.4 Å². The molecule has 26 heavy (non-hydrogen) atoms. The van der Waals surface area contributed by atoms with Crippen LogP contribution in [0.15, 0.2) is 47.4 Å². The van der Waals surface area contributed by atoms with Gasteiger partial charge in [-0.2, -0.15) is 0 Å². The van der Waals surface area contributed by atoms with E-state index in [0.29, 0.717) is 26.2 Å². The Morgan fingerprint density at radius 2 is 2.04 bits per heavy atom. The highest BCUT2D eigenvalue weighted by Crippen LogP contribution is 2.36. The van der Waals surface area contributed by atoms with Gasteiger partial charge in [-0.15, -0.1) is 0 Å². The molecule has 2 aromatic rings. The Labute approximate surface area is 160 Å². The first kappa shape index (κ1) is 18.2. The third-order valence-electron chi connectivity index (χ3n) is 3.88. The monoisotopic (exact) mass is 384 g/mol. The molecule has 1 amide bonds. The minimum atomic E-state index is -1.29. The van der Waals surface area contributed by atoms with E-state index in [2.05, 4.69) is 0 Å². The van der Waals surface area contributed by atoms with Crippen molar-refractivity contribution in [2.24, 2.45) is 0 Å². The van der Waals surface area contributed by atoms with Gasteiger partial charge in [0.25, 0.3) is 5.91 Å². The van der Waals surface area contributed by atoms with E-state index in [0.717, 1.165) is 5.56 Å². The second-order valence-electron chi connectivity index (χ2n) is 5.58. The second-order valence-corrected chi connectivity index (χ2v) is 7.26. The Bertz CT molecular complexity index is 952. The zero-order valence-electron chi connectivity index (χ0n) is 14.0. The van der Waals surface area contributed by atoms with Gasteiger partial charge in [-0.25, -0.2) is 0 Å². The molecule has 5 nitrogen and oxygen atoms in total. The molecule has 0 aliphatic carbocycles. The number of anilines is 1. The Morgan fingerprint density at radius 1 is 1.27 bits per heavy atom. The van der Waals surface area contributed by atoms with Gasteiger partial charge in [-0.3, -0.25) is 9.69 Å². The van der Waals surface area contributed by atoms with Crippen LogP contribution in [0.2, 0.25) is 0 Å². The number of carboxylic acids is 1. The van der Waals surface area contributed by atoms with Crippen molar-refractivity contribution in [2.75, 3.05) is 12.0 Å². The lowest BCUT2D eigenvalue weighted by Crippen LogP contribution is -2.29. The van der Waals surface area contributed by atoms with Crippen molar-refractivity contribution in [3.63, 3.8) is 0 Å². The fraction of sp³-hybridized carbons (Fsp3) is 0.105. The van der Waals surface area contributed by atoms with Crippen LogP contribution >= 0.6 is 24.0 Å². The van der Waals surface area contributed by atoms with E-state index in [1.807, 2.05) is 24.3 Å². The van der Waals surface area contributed by atoms with Crippen LogP contribution in [-0.2, 0) is 4.79 Å². The number of methoxy groups -OCH3 is 1. The van der Waals surface area contributed by atoms with Crippen molar-refractivity contribution in [1.82, 2.24) is 0 Å². The molecule has 0 unspecified atom stereocenters. The summed E-state index contributed by atoms with van der Waals surface area (Å²) in [6.45, 7) is 1.67. The molecular weight excluding hydrogens is 370 g/mol. The highest BCUT2D eigenvalue weighted by molar-refractivity contribution is 8.27. The van der Waals surface area contributed by atoms with Crippen molar-refractivity contribution >= 4 is 51.9 Å². The van der Waals surface area contributed by atoms with Crippen LogP contribution in [0.3, 0.4) is 0 Å². The largest absolute Gasteiger partial charge is 0.545 e. The number of thioether (sulfide) groups is 1. The van der Waals surface area contributed by atoms with Gasteiger partial charge in [-0.1, -0.05) is 42.2 Å². The molecule has 0 aromatic heterocycles. The van der Waals surface area contributed by atoms with Crippen LogP contribution in [0.5, 0.6) is 5.75 Å². The fourth-order valence-electron chi connectivity index (χ4n) is 2.54. The topological polar surface area (TPSA) is 69.7 Å². The number of hydrogen-bond acceptors (Lipinski definition) is 6. The minimum Gasteiger partial charge on any atom is -0.545 e. The number of thiocarbonyl (C=S) groups is 1. The Morgan fingerprint density at radius 3 is 2.73 bits per heavy atom. The zero-order chi connectivity index (χ0) is 18.8. The summed E-state index contributed by atoms with van der Waals surface area (Å²) in [7, 11) is 1.57. The maximum absolute atomic E-state index is 12.8. The van der Waals surface area contributed by atoms with Gasteiger partial charge >= 0.3 is 0 Å². The molecule has 0 atom stereocenters. The quantitative estimate of drug-likeness (QED) is 0.596. The number of carbonyl (C=O) groups is 2. The van der Waals surface area contributed by atoms with Crippen LogP contribution in [-0.4, -0.2) is 23.3 Å². The molecule has 0 radical (unpaired) electrons. The molecule has 1 saturated heterocycles. The fourth-order valence-corrected chi connectivity index (χ4v) is 3.84. The van der Waals surface area contributed by atoms with Crippen molar-refractivity contribution in [3.05, 3.63) is 64.1 Å². The molecule has 7 heteroatoms. The van der Waals surface area contributed by atoms with Crippen molar-refractivity contribution in [3.8, 4) is 5.75 Å². The Kier molecular flexibility index (Phi) is 5.11. The third-order valence-corrected chi connectivity index (χ3v) is 5.19. The van der Waals surface area contributed by atoms with Gasteiger partial charge in [0, 0.05) is 5.56 Å². The Hall–Kier alpha value is -2.64.